The van der Waals surface area contributed by atoms with E-state index in [-0.39, 0.29) is 17.0 Å². The van der Waals surface area contributed by atoms with Crippen LogP contribution in [0.2, 0.25) is 0 Å². The topological polar surface area (TPSA) is 83.6 Å². The third kappa shape index (κ3) is 13.5. The van der Waals surface area contributed by atoms with Gasteiger partial charge in [-0.2, -0.15) is 8.78 Å². The van der Waals surface area contributed by atoms with Crippen LogP contribution in [0, 0.1) is 5.41 Å². The molecule has 0 spiro atoms. The van der Waals surface area contributed by atoms with Crippen LogP contribution in [0.25, 0.3) is 0 Å². The first kappa shape index (κ1) is 37.9. The number of hydrogen-bond acceptors (Lipinski definition) is 6. The molecule has 1 fully saturated rings. The molecule has 0 atom stereocenters. The second-order valence-electron chi connectivity index (χ2n) is 8.02. The van der Waals surface area contributed by atoms with Crippen LogP contribution in [0.5, 0.6) is 0 Å². The summed E-state index contributed by atoms with van der Waals surface area (Å²) in [5.41, 5.74) is 1.71. The van der Waals surface area contributed by atoms with Crippen LogP contribution in [0.15, 0.2) is 50.6 Å². The van der Waals surface area contributed by atoms with Crippen LogP contribution < -0.4 is 0 Å². The van der Waals surface area contributed by atoms with E-state index >= 15 is 0 Å². The Labute approximate surface area is 233 Å². The summed E-state index contributed by atoms with van der Waals surface area (Å²) in [4.78, 5) is 22.9. The molecule has 0 aliphatic carbocycles. The third-order valence-electron chi connectivity index (χ3n) is 5.47. The monoisotopic (exact) mass is 557 g/mol. The van der Waals surface area contributed by atoms with Gasteiger partial charge in [-0.25, -0.2) is 9.98 Å². The van der Waals surface area contributed by atoms with Crippen molar-refractivity contribution in [2.75, 3.05) is 25.8 Å². The molecule has 0 radical (unpaired) electrons. The number of hydrogen-bond donors (Lipinski definition) is 1. The highest BCUT2D eigenvalue weighted by Gasteiger charge is 2.30. The van der Waals surface area contributed by atoms with Crippen LogP contribution in [0.1, 0.15) is 85.3 Å². The molecule has 1 aromatic rings. The van der Waals surface area contributed by atoms with Crippen LogP contribution in [-0.2, 0) is 15.5 Å². The number of carbonyl (C=O) groups excluding carboxylic acids is 1. The van der Waals surface area contributed by atoms with Crippen LogP contribution in [0.3, 0.4) is 0 Å². The smallest absolute Gasteiger partial charge is 0.295 e. The van der Waals surface area contributed by atoms with Gasteiger partial charge in [-0.15, -0.1) is 11.6 Å². The van der Waals surface area contributed by atoms with Crippen LogP contribution in [0.4, 0.5) is 8.78 Å². The highest BCUT2D eigenvalue weighted by Crippen LogP contribution is 2.28. The molecule has 6 nitrogen and oxygen atoms in total. The number of halogens is 3. The second kappa shape index (κ2) is 21.6. The number of alkyl halides is 3. The van der Waals surface area contributed by atoms with Gasteiger partial charge in [-0.3, -0.25) is 4.99 Å². The van der Waals surface area contributed by atoms with Crippen molar-refractivity contribution < 1.29 is 23.4 Å². The average molecular weight is 558 g/mol. The Kier molecular flexibility index (Phi) is 21.5. The van der Waals surface area contributed by atoms with Gasteiger partial charge in [-0.1, -0.05) is 66.7 Å². The maximum Gasteiger partial charge on any atom is 0.295 e. The number of carbonyl (C=O) groups is 1. The largest absolute Gasteiger partial charge is 0.390 e. The molecule has 1 saturated heterocycles. The van der Waals surface area contributed by atoms with Crippen molar-refractivity contribution in [1.29, 1.82) is 0 Å². The number of rotatable bonds is 10. The normalized spacial score (nSPS) is 15.5. The number of aliphatic hydroxyl groups excluding tert-OH is 1. The summed E-state index contributed by atoms with van der Waals surface area (Å²) >= 11 is 5.68. The predicted molar refractivity (Wildman–Crippen MR) is 157 cm³/mol. The summed E-state index contributed by atoms with van der Waals surface area (Å²) in [6.07, 6.45) is 5.56. The summed E-state index contributed by atoms with van der Waals surface area (Å²) in [6, 6.07) is 5.80. The number of benzene rings is 1. The fourth-order valence-electron chi connectivity index (χ4n) is 3.23. The maximum absolute atomic E-state index is 13.6. The molecule has 0 unspecified atom stereocenters. The summed E-state index contributed by atoms with van der Waals surface area (Å²) in [5, 5.41) is 8.80. The van der Waals surface area contributed by atoms with Crippen molar-refractivity contribution in [2.24, 2.45) is 20.4 Å². The highest BCUT2D eigenvalue weighted by molar-refractivity contribution is 6.18. The molecule has 1 aliphatic heterocycles. The van der Waals surface area contributed by atoms with E-state index in [1.807, 2.05) is 48.5 Å². The first-order chi connectivity index (χ1) is 18.2. The second-order valence-corrected chi connectivity index (χ2v) is 8.26. The Balaban J connectivity index is 0. The SMILES string of the molecule is C=NC(/N=C/c1cccc(C(F)(F)CO)c1)=C(CC)\C(CC)=N/CCl.CC.CC.CC1(C=O)CCOCC1. The number of ether oxygens (including phenoxy) is 1. The minimum absolute atomic E-state index is 0.0851. The molecular formula is C29H46ClF2N3O3. The summed E-state index contributed by atoms with van der Waals surface area (Å²) in [6.45, 7) is 17.6. The van der Waals surface area contributed by atoms with E-state index in [0.29, 0.717) is 24.2 Å². The number of aldehydes is 1. The zero-order valence-electron chi connectivity index (χ0n) is 24.1. The van der Waals surface area contributed by atoms with Gasteiger partial charge in [0.25, 0.3) is 5.92 Å². The fraction of sp³-hybridized carbons (Fsp3) is 0.586. The van der Waals surface area contributed by atoms with E-state index in [0.717, 1.165) is 43.6 Å². The van der Waals surface area contributed by atoms with Gasteiger partial charge in [0, 0.05) is 41.7 Å². The maximum atomic E-state index is 13.6. The average Bonchev–Trinajstić information content (AvgIpc) is 2.97. The van der Waals surface area contributed by atoms with Crippen LogP contribution in [-0.4, -0.2) is 55.9 Å². The molecule has 1 aliphatic rings. The predicted octanol–water partition coefficient (Wildman–Crippen LogP) is 7.61. The van der Waals surface area contributed by atoms with Crippen LogP contribution >= 0.6 is 11.6 Å². The minimum atomic E-state index is -3.30. The first-order valence-corrected chi connectivity index (χ1v) is 13.7. The Hall–Kier alpha value is -2.29. The van der Waals surface area contributed by atoms with E-state index < -0.39 is 12.5 Å². The molecule has 0 aromatic heterocycles. The van der Waals surface area contributed by atoms with Crippen molar-refractivity contribution >= 4 is 36.5 Å². The number of aliphatic hydroxyl groups is 1. The summed E-state index contributed by atoms with van der Waals surface area (Å²) in [5.74, 6) is -2.91. The van der Waals surface area contributed by atoms with Gasteiger partial charge in [0.05, 0.1) is 0 Å². The Bertz CT molecular complexity index is 897. The molecule has 2 rings (SSSR count). The number of aliphatic imine (C=N–C) groups is 3. The first-order valence-electron chi connectivity index (χ1n) is 13.2. The lowest BCUT2D eigenvalue weighted by Gasteiger charge is -2.27. The van der Waals surface area contributed by atoms with Crippen molar-refractivity contribution in [1.82, 2.24) is 0 Å². The third-order valence-corrected chi connectivity index (χ3v) is 5.59. The van der Waals surface area contributed by atoms with E-state index in [4.69, 9.17) is 21.4 Å². The molecule has 38 heavy (non-hydrogen) atoms. The zero-order valence-corrected chi connectivity index (χ0v) is 24.8. The van der Waals surface area contributed by atoms with Gasteiger partial charge in [-0.05, 0) is 44.0 Å². The van der Waals surface area contributed by atoms with Gasteiger partial charge in [0.2, 0.25) is 0 Å². The molecular weight excluding hydrogens is 512 g/mol. The molecule has 0 bridgehead atoms. The fourth-order valence-corrected chi connectivity index (χ4v) is 3.37. The number of allylic oxidation sites excluding steroid dienone is 1. The van der Waals surface area contributed by atoms with Crippen molar-refractivity contribution in [3.8, 4) is 0 Å². The molecule has 0 amide bonds. The van der Waals surface area contributed by atoms with Crippen molar-refractivity contribution in [3.63, 3.8) is 0 Å². The molecule has 1 aromatic carbocycles. The van der Waals surface area contributed by atoms with E-state index in [2.05, 4.69) is 21.7 Å². The molecule has 9 heteroatoms. The lowest BCUT2D eigenvalue weighted by molar-refractivity contribution is -0.120. The van der Waals surface area contributed by atoms with Gasteiger partial charge >= 0.3 is 0 Å². The quantitative estimate of drug-likeness (QED) is 0.139. The standard InChI is InChI=1S/C18H22ClF2N3O.C7H12O2.2C2H6/c1-4-15(16(5-2)24-12-19)17(22-3)23-10-13-7-6-8-14(9-13)18(20,21)11-25;1-7(6-8)2-4-9-5-3-7;2*1-2/h6-10,25H,3-5,11-12H2,1-2H3;6H,2-5H2,1H3;2*1-2H3/b17-15+,23-10+,24-16-;;;. The number of nitrogens with zero attached hydrogens (tertiary/aromatic N) is 3. The molecule has 0 saturated carbocycles. The van der Waals surface area contributed by atoms with Crippen molar-refractivity contribution in [2.45, 2.75) is 80.1 Å². The van der Waals surface area contributed by atoms with E-state index in [1.165, 1.54) is 24.4 Å². The zero-order chi connectivity index (χ0) is 29.6. The Morgan fingerprint density at radius 1 is 1.18 bits per heavy atom. The van der Waals surface area contributed by atoms with Crippen molar-refractivity contribution in [3.05, 3.63) is 46.8 Å². The van der Waals surface area contributed by atoms with Gasteiger partial charge in [0.1, 0.15) is 18.9 Å². The molecule has 216 valence electrons. The molecule has 1 N–H and O–H groups in total. The lowest BCUT2D eigenvalue weighted by atomic mass is 9.84. The summed E-state index contributed by atoms with van der Waals surface area (Å²) < 4.78 is 32.3. The van der Waals surface area contributed by atoms with E-state index in [1.54, 1.807) is 6.07 Å². The van der Waals surface area contributed by atoms with E-state index in [9.17, 15) is 13.6 Å². The minimum Gasteiger partial charge on any atom is -0.390 e. The molecule has 1 heterocycles. The van der Waals surface area contributed by atoms with Gasteiger partial charge < -0.3 is 14.6 Å². The Morgan fingerprint density at radius 2 is 1.79 bits per heavy atom. The Morgan fingerprint density at radius 3 is 2.21 bits per heavy atom. The lowest BCUT2D eigenvalue weighted by Crippen LogP contribution is -2.27. The summed E-state index contributed by atoms with van der Waals surface area (Å²) in [7, 11) is 0. The highest BCUT2D eigenvalue weighted by atomic mass is 35.5. The van der Waals surface area contributed by atoms with Gasteiger partial charge in [0.15, 0.2) is 5.82 Å².